The number of hydrogen-bond acceptors (Lipinski definition) is 6. The van der Waals surface area contributed by atoms with Crippen LogP contribution in [0.4, 0.5) is 0 Å². The van der Waals surface area contributed by atoms with Crippen LogP contribution in [0.1, 0.15) is 17.7 Å². The van der Waals surface area contributed by atoms with Crippen LogP contribution < -0.4 is 5.32 Å². The average molecular weight is 354 g/mol. The number of methoxy groups -OCH3 is 1. The molecule has 23 heavy (non-hydrogen) atoms. The summed E-state index contributed by atoms with van der Waals surface area (Å²) >= 11 is 2.76. The lowest BCUT2D eigenvalue weighted by molar-refractivity contribution is -0.149. The van der Waals surface area contributed by atoms with Crippen LogP contribution in [-0.2, 0) is 19.1 Å². The van der Waals surface area contributed by atoms with Crippen LogP contribution in [0.5, 0.6) is 0 Å². The zero-order chi connectivity index (χ0) is 16.7. The predicted molar refractivity (Wildman–Crippen MR) is 84.6 cm³/mol. The molecule has 2 amide bonds. The van der Waals surface area contributed by atoms with E-state index < -0.39 is 17.3 Å². The van der Waals surface area contributed by atoms with E-state index in [1.54, 1.807) is 0 Å². The first-order valence-corrected chi connectivity index (χ1v) is 8.58. The number of β-lactam (4-membered cyclic amide) rings is 1. The van der Waals surface area contributed by atoms with Crippen LogP contribution in [0, 0.1) is 0 Å². The lowest BCUT2D eigenvalue weighted by Crippen LogP contribution is -2.62. The molecular formula is C14H14N2O5S2. The summed E-state index contributed by atoms with van der Waals surface area (Å²) in [4.78, 5) is 37.6. The molecule has 1 saturated heterocycles. The summed E-state index contributed by atoms with van der Waals surface area (Å²) in [6, 6.07) is 3.71. The zero-order valence-corrected chi connectivity index (χ0v) is 13.9. The summed E-state index contributed by atoms with van der Waals surface area (Å²) in [6.45, 7) is 1.35. The van der Waals surface area contributed by atoms with Crippen LogP contribution in [-0.4, -0.2) is 45.6 Å². The van der Waals surface area contributed by atoms with Gasteiger partial charge in [0.2, 0.25) is 11.8 Å². The van der Waals surface area contributed by atoms with Crippen molar-refractivity contribution in [2.24, 2.45) is 0 Å². The molecule has 2 aliphatic rings. The molecule has 1 aromatic rings. The Morgan fingerprint density at radius 2 is 2.17 bits per heavy atom. The number of carboxylic acid groups (broad SMARTS) is 1. The Morgan fingerprint density at radius 1 is 1.43 bits per heavy atom. The molecular weight excluding hydrogens is 340 g/mol. The molecule has 2 aliphatic heterocycles. The van der Waals surface area contributed by atoms with E-state index in [1.807, 2.05) is 17.5 Å². The molecule has 1 unspecified atom stereocenters. The number of carbonyl (C=O) groups is 3. The van der Waals surface area contributed by atoms with Gasteiger partial charge in [-0.3, -0.25) is 14.5 Å². The van der Waals surface area contributed by atoms with Crippen molar-refractivity contribution in [2.45, 2.75) is 23.6 Å². The second-order valence-electron chi connectivity index (χ2n) is 5.03. The number of aliphatic carboxylic acids is 1. The largest absolute Gasteiger partial charge is 0.495 e. The Morgan fingerprint density at radius 3 is 2.70 bits per heavy atom. The highest BCUT2D eigenvalue weighted by Crippen LogP contribution is 2.51. The molecule has 3 heterocycles. The average Bonchev–Trinajstić information content (AvgIpc) is 2.98. The second-order valence-corrected chi connectivity index (χ2v) is 7.24. The van der Waals surface area contributed by atoms with Crippen LogP contribution in [0.3, 0.4) is 0 Å². The first-order chi connectivity index (χ1) is 11.0. The quantitative estimate of drug-likeness (QED) is 0.788. The van der Waals surface area contributed by atoms with Gasteiger partial charge in [-0.15, -0.1) is 23.1 Å². The van der Waals surface area contributed by atoms with E-state index in [9.17, 15) is 19.5 Å². The molecule has 1 fully saturated rings. The van der Waals surface area contributed by atoms with Gasteiger partial charge in [-0.1, -0.05) is 6.07 Å². The summed E-state index contributed by atoms with van der Waals surface area (Å²) in [5.74, 6) is -2.14. The normalized spacial score (nSPS) is 26.4. The van der Waals surface area contributed by atoms with Crippen LogP contribution in [0.15, 0.2) is 29.0 Å². The van der Waals surface area contributed by atoms with Gasteiger partial charge in [0.25, 0.3) is 0 Å². The molecule has 2 N–H and O–H groups in total. The molecule has 7 nitrogen and oxygen atoms in total. The van der Waals surface area contributed by atoms with Gasteiger partial charge in [0.1, 0.15) is 16.7 Å². The van der Waals surface area contributed by atoms with Crippen molar-refractivity contribution in [1.29, 1.82) is 0 Å². The van der Waals surface area contributed by atoms with E-state index >= 15 is 0 Å². The second kappa shape index (κ2) is 5.89. The molecule has 0 radical (unpaired) electrons. The molecule has 0 aromatic carbocycles. The highest BCUT2D eigenvalue weighted by molar-refractivity contribution is 8.00. The van der Waals surface area contributed by atoms with Crippen LogP contribution in [0.25, 0.3) is 0 Å². The molecule has 0 aliphatic carbocycles. The third kappa shape index (κ3) is 2.49. The molecule has 3 atom stereocenters. The van der Waals surface area contributed by atoms with E-state index in [1.165, 1.54) is 42.0 Å². The highest BCUT2D eigenvalue weighted by atomic mass is 32.2. The number of hydrogen-bond donors (Lipinski definition) is 2. The number of nitrogens with one attached hydrogen (secondary N) is 1. The van der Waals surface area contributed by atoms with E-state index in [-0.39, 0.29) is 28.6 Å². The van der Waals surface area contributed by atoms with Gasteiger partial charge in [0.15, 0.2) is 11.5 Å². The number of ether oxygens (including phenoxy) is 1. The predicted octanol–water partition coefficient (Wildman–Crippen LogP) is 1.15. The van der Waals surface area contributed by atoms with Crippen LogP contribution in [0.2, 0.25) is 0 Å². The molecule has 0 spiro atoms. The Labute approximate surface area is 140 Å². The SMILES string of the molecule is COC1=C(C(=O)O)N2C(=O)[C@@H](c3cccs3)[C@H]2SC1NC(C)=O. The maximum Gasteiger partial charge on any atom is 0.356 e. The Kier molecular flexibility index (Phi) is 4.07. The topological polar surface area (TPSA) is 95.9 Å². The zero-order valence-electron chi connectivity index (χ0n) is 12.3. The van der Waals surface area contributed by atoms with Gasteiger partial charge in [-0.2, -0.15) is 0 Å². The van der Waals surface area contributed by atoms with Crippen molar-refractivity contribution < 1.29 is 24.2 Å². The summed E-state index contributed by atoms with van der Waals surface area (Å²) in [5, 5.41) is 13.0. The fraction of sp³-hybridized carbons (Fsp3) is 0.357. The first kappa shape index (κ1) is 15.9. The lowest BCUT2D eigenvalue weighted by Gasteiger charge is -2.50. The van der Waals surface area contributed by atoms with Crippen molar-refractivity contribution in [3.8, 4) is 0 Å². The highest BCUT2D eigenvalue weighted by Gasteiger charge is 2.57. The van der Waals surface area contributed by atoms with E-state index in [0.717, 1.165) is 4.88 Å². The summed E-state index contributed by atoms with van der Waals surface area (Å²) in [6.07, 6.45) is 0. The molecule has 0 bridgehead atoms. The smallest absolute Gasteiger partial charge is 0.356 e. The maximum atomic E-state index is 12.5. The Hall–Kier alpha value is -2.00. The first-order valence-electron chi connectivity index (χ1n) is 6.76. The minimum atomic E-state index is -1.25. The third-order valence-electron chi connectivity index (χ3n) is 3.64. The number of rotatable bonds is 4. The van der Waals surface area contributed by atoms with Crippen molar-refractivity contribution in [3.63, 3.8) is 0 Å². The summed E-state index contributed by atoms with van der Waals surface area (Å²) in [5.41, 5.74) is -0.201. The number of carbonyl (C=O) groups excluding carboxylic acids is 2. The number of thioether (sulfide) groups is 1. The van der Waals surface area contributed by atoms with Gasteiger partial charge < -0.3 is 15.2 Å². The number of thiophene rings is 1. The van der Waals surface area contributed by atoms with Crippen molar-refractivity contribution in [1.82, 2.24) is 10.2 Å². The van der Waals surface area contributed by atoms with Crippen molar-refractivity contribution in [3.05, 3.63) is 33.8 Å². The molecule has 3 rings (SSSR count). The van der Waals surface area contributed by atoms with E-state index in [0.29, 0.717) is 0 Å². The summed E-state index contributed by atoms with van der Waals surface area (Å²) in [7, 11) is 1.33. The molecule has 122 valence electrons. The van der Waals surface area contributed by atoms with E-state index in [4.69, 9.17) is 4.74 Å². The van der Waals surface area contributed by atoms with Gasteiger partial charge in [0, 0.05) is 11.8 Å². The monoisotopic (exact) mass is 354 g/mol. The number of nitrogens with zero attached hydrogens (tertiary/aromatic N) is 1. The lowest BCUT2D eigenvalue weighted by atomic mass is 9.94. The van der Waals surface area contributed by atoms with Gasteiger partial charge in [-0.25, -0.2) is 4.79 Å². The fourth-order valence-corrected chi connectivity index (χ4v) is 5.24. The summed E-state index contributed by atoms with van der Waals surface area (Å²) < 4.78 is 5.18. The molecule has 9 heteroatoms. The number of carboxylic acids is 1. The fourth-order valence-electron chi connectivity index (χ4n) is 2.71. The van der Waals surface area contributed by atoms with Gasteiger partial charge in [-0.05, 0) is 11.4 Å². The Bertz CT molecular complexity index is 700. The van der Waals surface area contributed by atoms with Crippen LogP contribution >= 0.6 is 23.1 Å². The Balaban J connectivity index is 2.01. The molecule has 0 saturated carbocycles. The molecule has 1 aromatic heterocycles. The van der Waals surface area contributed by atoms with Gasteiger partial charge >= 0.3 is 5.97 Å². The maximum absolute atomic E-state index is 12.5. The minimum absolute atomic E-state index is 0.0759. The number of fused-ring (bicyclic) bond motifs is 1. The van der Waals surface area contributed by atoms with E-state index in [2.05, 4.69) is 5.32 Å². The van der Waals surface area contributed by atoms with Gasteiger partial charge in [0.05, 0.1) is 7.11 Å². The van der Waals surface area contributed by atoms with Crippen molar-refractivity contribution in [2.75, 3.05) is 7.11 Å². The third-order valence-corrected chi connectivity index (χ3v) is 5.96. The standard InChI is InChI=1S/C14H14N2O5S2/c1-6(17)15-11-10(21-2)9(14(19)20)16-12(18)8(13(16)23-11)7-4-3-5-22-7/h3-5,8,11,13H,1-2H3,(H,15,17)(H,19,20)/t8-,11?,13-/m1/s1. The van der Waals surface area contributed by atoms with Crippen molar-refractivity contribution >= 4 is 40.9 Å². The minimum Gasteiger partial charge on any atom is -0.495 e. The number of amides is 2.